The number of benzene rings is 1. The van der Waals surface area contributed by atoms with Gasteiger partial charge in [-0.25, -0.2) is 9.78 Å². The Balaban J connectivity index is 1.11. The maximum absolute atomic E-state index is 13.2. The van der Waals surface area contributed by atoms with Crippen molar-refractivity contribution in [2.75, 3.05) is 42.6 Å². The van der Waals surface area contributed by atoms with E-state index in [1.54, 1.807) is 4.90 Å². The summed E-state index contributed by atoms with van der Waals surface area (Å²) in [5, 5.41) is 0. The SMILES string of the molecule is CC(C)[C@@H]1COC(=O)N1c1ccc(C(=O)N2CCN(c3ncc(C4CC4)cc3C3CC3)CC2)cc1. The minimum Gasteiger partial charge on any atom is -0.447 e. The first-order valence-corrected chi connectivity index (χ1v) is 13.1. The van der Waals surface area contributed by atoms with E-state index in [0.717, 1.165) is 30.5 Å². The van der Waals surface area contributed by atoms with E-state index < -0.39 is 0 Å². The number of nitrogens with zero attached hydrogens (tertiary/aromatic N) is 4. The van der Waals surface area contributed by atoms with E-state index in [0.29, 0.717) is 37.1 Å². The number of cyclic esters (lactones) is 1. The van der Waals surface area contributed by atoms with Crippen molar-refractivity contribution in [2.45, 2.75) is 57.4 Å². The van der Waals surface area contributed by atoms with Crippen molar-refractivity contribution in [3.8, 4) is 0 Å². The number of carbonyl (C=O) groups is 2. The fraction of sp³-hybridized carbons (Fsp3) is 0.536. The second kappa shape index (κ2) is 8.85. The van der Waals surface area contributed by atoms with Crippen LogP contribution in [0.1, 0.15) is 72.9 Å². The van der Waals surface area contributed by atoms with Gasteiger partial charge in [-0.1, -0.05) is 19.9 Å². The van der Waals surface area contributed by atoms with E-state index in [4.69, 9.17) is 9.72 Å². The van der Waals surface area contributed by atoms with Crippen molar-refractivity contribution in [1.82, 2.24) is 9.88 Å². The van der Waals surface area contributed by atoms with Crippen molar-refractivity contribution >= 4 is 23.5 Å². The largest absolute Gasteiger partial charge is 0.447 e. The maximum Gasteiger partial charge on any atom is 0.414 e. The highest BCUT2D eigenvalue weighted by atomic mass is 16.6. The summed E-state index contributed by atoms with van der Waals surface area (Å²) in [5.74, 6) is 2.85. The molecule has 1 aromatic heterocycles. The summed E-state index contributed by atoms with van der Waals surface area (Å²) >= 11 is 0. The second-order valence-electron chi connectivity index (χ2n) is 10.8. The van der Waals surface area contributed by atoms with Gasteiger partial charge in [0.05, 0.1) is 6.04 Å². The number of hydrogen-bond donors (Lipinski definition) is 0. The molecule has 2 amide bonds. The minimum absolute atomic E-state index is 0.0182. The number of piperazine rings is 1. The van der Waals surface area contributed by atoms with Gasteiger partial charge in [-0.2, -0.15) is 0 Å². The molecule has 2 saturated heterocycles. The molecule has 4 fully saturated rings. The predicted octanol–water partition coefficient (Wildman–Crippen LogP) is 4.78. The van der Waals surface area contributed by atoms with E-state index in [2.05, 4.69) is 31.0 Å². The van der Waals surface area contributed by atoms with Crippen LogP contribution in [0.4, 0.5) is 16.3 Å². The zero-order valence-corrected chi connectivity index (χ0v) is 20.7. The highest BCUT2D eigenvalue weighted by Crippen LogP contribution is 2.47. The first-order valence-electron chi connectivity index (χ1n) is 13.1. The van der Waals surface area contributed by atoms with Crippen molar-refractivity contribution < 1.29 is 14.3 Å². The molecule has 0 unspecified atom stereocenters. The Morgan fingerprint density at radius 1 is 1.00 bits per heavy atom. The Morgan fingerprint density at radius 2 is 1.69 bits per heavy atom. The summed E-state index contributed by atoms with van der Waals surface area (Å²) in [6.07, 6.45) is 6.90. The average Bonchev–Trinajstić information content (AvgIpc) is 3.81. The lowest BCUT2D eigenvalue weighted by Crippen LogP contribution is -2.49. The van der Waals surface area contributed by atoms with Crippen LogP contribution in [0, 0.1) is 5.92 Å². The Bertz CT molecular complexity index is 1120. The summed E-state index contributed by atoms with van der Waals surface area (Å²) in [6.45, 7) is 7.55. The monoisotopic (exact) mass is 474 g/mol. The number of aromatic nitrogens is 1. The first-order chi connectivity index (χ1) is 17.0. The van der Waals surface area contributed by atoms with Gasteiger partial charge in [0.25, 0.3) is 5.91 Å². The minimum atomic E-state index is -0.316. The number of hydrogen-bond acceptors (Lipinski definition) is 5. The van der Waals surface area contributed by atoms with Crippen LogP contribution in [0.15, 0.2) is 36.5 Å². The van der Waals surface area contributed by atoms with Crippen LogP contribution in [0.5, 0.6) is 0 Å². The van der Waals surface area contributed by atoms with Crippen molar-refractivity contribution in [2.24, 2.45) is 5.92 Å². The molecule has 1 atom stereocenters. The number of carbonyl (C=O) groups excluding carboxylic acids is 2. The summed E-state index contributed by atoms with van der Waals surface area (Å²) in [5.41, 5.74) is 4.27. The summed E-state index contributed by atoms with van der Waals surface area (Å²) in [4.78, 5) is 36.4. The standard InChI is InChI=1S/C28H34N4O3/c1-18(2)25-17-35-28(34)32(25)23-9-7-21(8-10-23)27(33)31-13-11-30(12-14-31)26-24(20-5-6-20)15-22(16-29-26)19-3-4-19/h7-10,15-16,18-20,25H,3-6,11-14,17H2,1-2H3/t25-/m0/s1. The molecule has 0 bridgehead atoms. The number of ether oxygens (including phenoxy) is 1. The molecular formula is C28H34N4O3. The number of amides is 2. The van der Waals surface area contributed by atoms with Crippen LogP contribution < -0.4 is 9.80 Å². The van der Waals surface area contributed by atoms with Gasteiger partial charge in [-0.3, -0.25) is 9.69 Å². The van der Waals surface area contributed by atoms with Crippen LogP contribution in [0.3, 0.4) is 0 Å². The second-order valence-corrected chi connectivity index (χ2v) is 10.8. The van der Waals surface area contributed by atoms with Crippen LogP contribution >= 0.6 is 0 Å². The lowest BCUT2D eigenvalue weighted by molar-refractivity contribution is 0.0746. The Labute approximate surface area is 207 Å². The first kappa shape index (κ1) is 22.4. The van der Waals surface area contributed by atoms with E-state index in [-0.39, 0.29) is 18.0 Å². The van der Waals surface area contributed by atoms with Gasteiger partial charge in [0.1, 0.15) is 12.4 Å². The molecule has 184 valence electrons. The normalized spacial score (nSPS) is 22.7. The lowest BCUT2D eigenvalue weighted by atomic mass is 10.0. The quantitative estimate of drug-likeness (QED) is 0.603. The molecule has 2 aromatic rings. The molecule has 0 spiro atoms. The zero-order valence-electron chi connectivity index (χ0n) is 20.7. The molecule has 2 aliphatic carbocycles. The fourth-order valence-electron chi connectivity index (χ4n) is 5.38. The van der Waals surface area contributed by atoms with E-state index in [1.807, 2.05) is 29.2 Å². The maximum atomic E-state index is 13.2. The third-order valence-electron chi connectivity index (χ3n) is 7.92. The molecule has 6 rings (SSSR count). The summed E-state index contributed by atoms with van der Waals surface area (Å²) in [7, 11) is 0. The topological polar surface area (TPSA) is 66.0 Å². The summed E-state index contributed by atoms with van der Waals surface area (Å²) < 4.78 is 5.26. The van der Waals surface area contributed by atoms with Crippen LogP contribution in [0.25, 0.3) is 0 Å². The Kier molecular flexibility index (Phi) is 5.66. The van der Waals surface area contributed by atoms with E-state index in [9.17, 15) is 9.59 Å². The Hall–Kier alpha value is -3.09. The predicted molar refractivity (Wildman–Crippen MR) is 135 cm³/mol. The van der Waals surface area contributed by atoms with Crippen LogP contribution in [-0.4, -0.2) is 60.7 Å². The highest BCUT2D eigenvalue weighted by Gasteiger charge is 2.36. The van der Waals surface area contributed by atoms with Crippen molar-refractivity contribution in [1.29, 1.82) is 0 Å². The molecule has 4 aliphatic rings. The van der Waals surface area contributed by atoms with E-state index in [1.165, 1.54) is 36.8 Å². The van der Waals surface area contributed by atoms with E-state index >= 15 is 0 Å². The number of anilines is 2. The molecule has 3 heterocycles. The number of rotatable bonds is 6. The third kappa shape index (κ3) is 4.37. The molecule has 0 radical (unpaired) electrons. The molecule has 2 aliphatic heterocycles. The summed E-state index contributed by atoms with van der Waals surface area (Å²) in [6, 6.07) is 9.81. The van der Waals surface area contributed by atoms with Gasteiger partial charge in [0.2, 0.25) is 0 Å². The van der Waals surface area contributed by atoms with Gasteiger partial charge in [0.15, 0.2) is 0 Å². The van der Waals surface area contributed by atoms with Gasteiger partial charge >= 0.3 is 6.09 Å². The van der Waals surface area contributed by atoms with Crippen LogP contribution in [0.2, 0.25) is 0 Å². The molecule has 7 nitrogen and oxygen atoms in total. The molecule has 7 heteroatoms. The Morgan fingerprint density at radius 3 is 2.31 bits per heavy atom. The molecular weight excluding hydrogens is 440 g/mol. The third-order valence-corrected chi connectivity index (χ3v) is 7.92. The highest BCUT2D eigenvalue weighted by molar-refractivity contribution is 5.96. The number of pyridine rings is 1. The van der Waals surface area contributed by atoms with Crippen molar-refractivity contribution in [3.05, 3.63) is 53.2 Å². The van der Waals surface area contributed by atoms with Gasteiger partial charge in [-0.05, 0) is 78.8 Å². The smallest absolute Gasteiger partial charge is 0.414 e. The lowest BCUT2D eigenvalue weighted by Gasteiger charge is -2.36. The zero-order chi connectivity index (χ0) is 24.1. The average molecular weight is 475 g/mol. The van der Waals surface area contributed by atoms with Crippen molar-refractivity contribution in [3.63, 3.8) is 0 Å². The molecule has 35 heavy (non-hydrogen) atoms. The molecule has 1 aromatic carbocycles. The van der Waals surface area contributed by atoms with Gasteiger partial charge in [-0.15, -0.1) is 0 Å². The fourth-order valence-corrected chi connectivity index (χ4v) is 5.38. The van der Waals surface area contributed by atoms with Gasteiger partial charge in [0, 0.05) is 43.6 Å². The molecule has 0 N–H and O–H groups in total. The molecule has 2 saturated carbocycles. The van der Waals surface area contributed by atoms with Gasteiger partial charge < -0.3 is 14.5 Å². The van der Waals surface area contributed by atoms with Crippen LogP contribution in [-0.2, 0) is 4.74 Å².